The fourth-order valence-electron chi connectivity index (χ4n) is 2.88. The molecular formula is C13H24N2O. The molecule has 92 valence electrons. The first-order chi connectivity index (χ1) is 7.53. The van der Waals surface area contributed by atoms with Crippen molar-refractivity contribution in [3.05, 3.63) is 0 Å². The van der Waals surface area contributed by atoms with E-state index in [1.807, 2.05) is 0 Å². The van der Waals surface area contributed by atoms with Crippen LogP contribution in [0.25, 0.3) is 0 Å². The number of nitrogens with two attached hydrogens (primary N) is 1. The lowest BCUT2D eigenvalue weighted by Crippen LogP contribution is -2.46. The van der Waals surface area contributed by atoms with Gasteiger partial charge in [0.2, 0.25) is 5.91 Å². The number of likely N-dealkylation sites (tertiary alicyclic amines) is 1. The lowest BCUT2D eigenvalue weighted by atomic mass is 9.92. The van der Waals surface area contributed by atoms with Crippen molar-refractivity contribution in [3.8, 4) is 0 Å². The minimum Gasteiger partial charge on any atom is -0.342 e. The van der Waals surface area contributed by atoms with Crippen molar-refractivity contribution >= 4 is 5.91 Å². The van der Waals surface area contributed by atoms with Crippen LogP contribution in [0.2, 0.25) is 0 Å². The molecule has 2 N–H and O–H groups in total. The minimum absolute atomic E-state index is 0.0234. The molecule has 1 aliphatic heterocycles. The van der Waals surface area contributed by atoms with Crippen molar-refractivity contribution < 1.29 is 4.79 Å². The van der Waals surface area contributed by atoms with E-state index in [0.29, 0.717) is 17.9 Å². The topological polar surface area (TPSA) is 46.3 Å². The Balaban J connectivity index is 1.92. The summed E-state index contributed by atoms with van der Waals surface area (Å²) in [5.41, 5.74) is 5.89. The molecule has 1 amide bonds. The smallest absolute Gasteiger partial charge is 0.228 e. The zero-order chi connectivity index (χ0) is 11.8. The summed E-state index contributed by atoms with van der Waals surface area (Å²) in [6.07, 6.45) is 5.22. The SMILES string of the molecule is CC(C)CC1(C(=O)N2CCC(N)CC2)CC1. The lowest BCUT2D eigenvalue weighted by Gasteiger charge is -2.33. The number of carbonyl (C=O) groups is 1. The maximum Gasteiger partial charge on any atom is 0.228 e. The predicted molar refractivity (Wildman–Crippen MR) is 64.9 cm³/mol. The van der Waals surface area contributed by atoms with Crippen molar-refractivity contribution in [3.63, 3.8) is 0 Å². The summed E-state index contributed by atoms with van der Waals surface area (Å²) < 4.78 is 0. The van der Waals surface area contributed by atoms with Crippen LogP contribution in [-0.2, 0) is 4.79 Å². The monoisotopic (exact) mass is 224 g/mol. The molecule has 2 fully saturated rings. The zero-order valence-electron chi connectivity index (χ0n) is 10.5. The summed E-state index contributed by atoms with van der Waals surface area (Å²) in [6, 6.07) is 0.310. The van der Waals surface area contributed by atoms with Gasteiger partial charge in [-0.25, -0.2) is 0 Å². The Morgan fingerprint density at radius 3 is 2.38 bits per heavy atom. The first kappa shape index (κ1) is 11.9. The Labute approximate surface area is 98.4 Å². The van der Waals surface area contributed by atoms with Gasteiger partial charge >= 0.3 is 0 Å². The average molecular weight is 224 g/mol. The Kier molecular flexibility index (Phi) is 3.24. The fraction of sp³-hybridized carbons (Fsp3) is 0.923. The van der Waals surface area contributed by atoms with Crippen LogP contribution in [0.3, 0.4) is 0 Å². The second-order valence-corrected chi connectivity index (χ2v) is 6.01. The number of hydrogen-bond donors (Lipinski definition) is 1. The van der Waals surface area contributed by atoms with Crippen LogP contribution in [0.5, 0.6) is 0 Å². The van der Waals surface area contributed by atoms with Gasteiger partial charge in [0, 0.05) is 24.5 Å². The molecule has 1 saturated carbocycles. The van der Waals surface area contributed by atoms with E-state index in [0.717, 1.165) is 45.2 Å². The van der Waals surface area contributed by atoms with Gasteiger partial charge in [-0.05, 0) is 38.0 Å². The Morgan fingerprint density at radius 2 is 1.94 bits per heavy atom. The van der Waals surface area contributed by atoms with E-state index in [1.54, 1.807) is 0 Å². The molecule has 0 unspecified atom stereocenters. The number of rotatable bonds is 3. The maximum absolute atomic E-state index is 12.4. The summed E-state index contributed by atoms with van der Waals surface area (Å²) in [6.45, 7) is 6.17. The van der Waals surface area contributed by atoms with Crippen LogP contribution in [-0.4, -0.2) is 29.9 Å². The van der Waals surface area contributed by atoms with Gasteiger partial charge in [-0.3, -0.25) is 4.79 Å². The van der Waals surface area contributed by atoms with Crippen molar-refractivity contribution in [1.29, 1.82) is 0 Å². The number of carbonyl (C=O) groups excluding carboxylic acids is 1. The summed E-state index contributed by atoms with van der Waals surface area (Å²) in [5.74, 6) is 1.03. The second-order valence-electron chi connectivity index (χ2n) is 6.01. The molecule has 1 aliphatic carbocycles. The maximum atomic E-state index is 12.4. The quantitative estimate of drug-likeness (QED) is 0.794. The third-order valence-electron chi connectivity index (χ3n) is 3.93. The fourth-order valence-corrected chi connectivity index (χ4v) is 2.88. The molecule has 0 aromatic heterocycles. The molecule has 3 heteroatoms. The molecule has 0 aromatic rings. The van der Waals surface area contributed by atoms with Gasteiger partial charge < -0.3 is 10.6 Å². The number of nitrogens with zero attached hydrogens (tertiary/aromatic N) is 1. The third kappa shape index (κ3) is 2.40. The minimum atomic E-state index is 0.0234. The highest BCUT2D eigenvalue weighted by Gasteiger charge is 2.51. The molecule has 0 spiro atoms. The first-order valence-electron chi connectivity index (χ1n) is 6.58. The third-order valence-corrected chi connectivity index (χ3v) is 3.93. The van der Waals surface area contributed by atoms with E-state index >= 15 is 0 Å². The Morgan fingerprint density at radius 1 is 1.38 bits per heavy atom. The second kappa shape index (κ2) is 4.36. The van der Waals surface area contributed by atoms with Gasteiger partial charge in [-0.15, -0.1) is 0 Å². The molecule has 2 rings (SSSR count). The van der Waals surface area contributed by atoms with Crippen LogP contribution in [0.15, 0.2) is 0 Å². The average Bonchev–Trinajstić information content (AvgIpc) is 2.98. The number of amides is 1. The predicted octanol–water partition coefficient (Wildman–Crippen LogP) is 1.76. The Hall–Kier alpha value is -0.570. The summed E-state index contributed by atoms with van der Waals surface area (Å²) in [4.78, 5) is 14.5. The van der Waals surface area contributed by atoms with E-state index in [1.165, 1.54) is 0 Å². The molecule has 16 heavy (non-hydrogen) atoms. The highest BCUT2D eigenvalue weighted by molar-refractivity contribution is 5.85. The summed E-state index contributed by atoms with van der Waals surface area (Å²) in [7, 11) is 0. The van der Waals surface area contributed by atoms with Gasteiger partial charge in [0.1, 0.15) is 0 Å². The zero-order valence-corrected chi connectivity index (χ0v) is 10.5. The first-order valence-corrected chi connectivity index (χ1v) is 6.58. The summed E-state index contributed by atoms with van der Waals surface area (Å²) >= 11 is 0. The van der Waals surface area contributed by atoms with Crippen LogP contribution in [0, 0.1) is 11.3 Å². The van der Waals surface area contributed by atoms with E-state index in [2.05, 4.69) is 18.7 Å². The van der Waals surface area contributed by atoms with Gasteiger partial charge in [0.25, 0.3) is 0 Å². The highest BCUT2D eigenvalue weighted by Crippen LogP contribution is 2.52. The molecular weight excluding hydrogens is 200 g/mol. The molecule has 0 aromatic carbocycles. The van der Waals surface area contributed by atoms with E-state index in [9.17, 15) is 4.79 Å². The molecule has 0 bridgehead atoms. The normalized spacial score (nSPS) is 24.9. The van der Waals surface area contributed by atoms with E-state index in [-0.39, 0.29) is 5.41 Å². The van der Waals surface area contributed by atoms with Crippen molar-refractivity contribution in [1.82, 2.24) is 4.90 Å². The largest absolute Gasteiger partial charge is 0.342 e. The van der Waals surface area contributed by atoms with E-state index < -0.39 is 0 Å². The van der Waals surface area contributed by atoms with Gasteiger partial charge in [0.15, 0.2) is 0 Å². The van der Waals surface area contributed by atoms with Crippen LogP contribution in [0.4, 0.5) is 0 Å². The highest BCUT2D eigenvalue weighted by atomic mass is 16.2. The van der Waals surface area contributed by atoms with Gasteiger partial charge in [0.05, 0.1) is 0 Å². The molecule has 1 heterocycles. The van der Waals surface area contributed by atoms with Crippen molar-refractivity contribution in [2.24, 2.45) is 17.1 Å². The molecule has 3 nitrogen and oxygen atoms in total. The number of piperidine rings is 1. The van der Waals surface area contributed by atoms with E-state index in [4.69, 9.17) is 5.73 Å². The lowest BCUT2D eigenvalue weighted by molar-refractivity contribution is -0.138. The van der Waals surface area contributed by atoms with Crippen LogP contribution in [0.1, 0.15) is 46.0 Å². The van der Waals surface area contributed by atoms with Crippen LogP contribution < -0.4 is 5.73 Å². The molecule has 2 aliphatic rings. The molecule has 0 atom stereocenters. The van der Waals surface area contributed by atoms with Gasteiger partial charge in [-0.2, -0.15) is 0 Å². The number of hydrogen-bond acceptors (Lipinski definition) is 2. The van der Waals surface area contributed by atoms with Crippen molar-refractivity contribution in [2.75, 3.05) is 13.1 Å². The molecule has 1 saturated heterocycles. The Bertz CT molecular complexity index is 263. The standard InChI is InChI=1S/C13H24N2O/c1-10(2)9-13(5-6-13)12(16)15-7-3-11(14)4-8-15/h10-11H,3-9,14H2,1-2H3. The molecule has 0 radical (unpaired) electrons. The van der Waals surface area contributed by atoms with Crippen molar-refractivity contribution in [2.45, 2.75) is 52.0 Å². The summed E-state index contributed by atoms with van der Waals surface area (Å²) in [5, 5.41) is 0. The van der Waals surface area contributed by atoms with Gasteiger partial charge in [-0.1, -0.05) is 13.8 Å². The van der Waals surface area contributed by atoms with Crippen LogP contribution >= 0.6 is 0 Å².